The van der Waals surface area contributed by atoms with Crippen molar-refractivity contribution in [3.05, 3.63) is 0 Å². The fraction of sp³-hybridized carbons (Fsp3) is 0.941. The van der Waals surface area contributed by atoms with Gasteiger partial charge in [0.2, 0.25) is 0 Å². The van der Waals surface area contributed by atoms with Crippen LogP contribution < -0.4 is 0 Å². The first kappa shape index (κ1) is 16.8. The van der Waals surface area contributed by atoms with Gasteiger partial charge < -0.3 is 14.7 Å². The van der Waals surface area contributed by atoms with Crippen LogP contribution in [0.1, 0.15) is 58.3 Å². The molecule has 4 heteroatoms. The van der Waals surface area contributed by atoms with Crippen LogP contribution in [-0.4, -0.2) is 48.3 Å². The van der Waals surface area contributed by atoms with Gasteiger partial charge in [-0.15, -0.1) is 0 Å². The van der Waals surface area contributed by atoms with Gasteiger partial charge in [-0.3, -0.25) is 4.79 Å². The molecule has 0 saturated heterocycles. The summed E-state index contributed by atoms with van der Waals surface area (Å²) in [6.07, 6.45) is 8.35. The van der Waals surface area contributed by atoms with Crippen LogP contribution >= 0.6 is 0 Å². The number of carbonyl (C=O) groups is 1. The van der Waals surface area contributed by atoms with Crippen LogP contribution in [0.3, 0.4) is 0 Å². The lowest BCUT2D eigenvalue weighted by atomic mass is 9.78. The van der Waals surface area contributed by atoms with Crippen LogP contribution in [-0.2, 0) is 9.53 Å². The minimum absolute atomic E-state index is 0.00892. The van der Waals surface area contributed by atoms with Gasteiger partial charge in [0.25, 0.3) is 0 Å². The van der Waals surface area contributed by atoms with Crippen LogP contribution in [0.4, 0.5) is 0 Å². The summed E-state index contributed by atoms with van der Waals surface area (Å²) >= 11 is 0. The molecule has 2 fully saturated rings. The molecule has 1 N–H and O–H groups in total. The second-order valence-electron chi connectivity index (χ2n) is 7.10. The topological polar surface area (TPSA) is 49.8 Å². The Morgan fingerprint density at radius 1 is 1.24 bits per heavy atom. The smallest absolute Gasteiger partial charge is 0.308 e. The van der Waals surface area contributed by atoms with Crippen molar-refractivity contribution >= 4 is 5.97 Å². The van der Waals surface area contributed by atoms with E-state index in [-0.39, 0.29) is 11.9 Å². The summed E-state index contributed by atoms with van der Waals surface area (Å²) < 4.78 is 5.09. The van der Waals surface area contributed by atoms with Crippen molar-refractivity contribution in [3.8, 4) is 0 Å². The average molecular weight is 297 g/mol. The molecule has 0 aromatic heterocycles. The van der Waals surface area contributed by atoms with Gasteiger partial charge in [-0.1, -0.05) is 12.8 Å². The zero-order valence-corrected chi connectivity index (χ0v) is 13.6. The maximum absolute atomic E-state index is 11.7. The molecule has 0 radical (unpaired) electrons. The minimum Gasteiger partial charge on any atom is -0.466 e. The zero-order chi connectivity index (χ0) is 15.3. The minimum atomic E-state index is -0.615. The van der Waals surface area contributed by atoms with Crippen molar-refractivity contribution in [1.82, 2.24) is 4.90 Å². The lowest BCUT2D eigenvalue weighted by molar-refractivity contribution is -0.151. The van der Waals surface area contributed by atoms with E-state index in [1.807, 2.05) is 6.92 Å². The Morgan fingerprint density at radius 3 is 2.43 bits per heavy atom. The van der Waals surface area contributed by atoms with Crippen LogP contribution in [0.2, 0.25) is 0 Å². The molecule has 2 aliphatic rings. The molecular weight excluding hydrogens is 266 g/mol. The summed E-state index contributed by atoms with van der Waals surface area (Å²) in [6.45, 7) is 4.13. The number of carbonyl (C=O) groups excluding carboxylic acids is 1. The van der Waals surface area contributed by atoms with Crippen LogP contribution in [0.25, 0.3) is 0 Å². The number of rotatable bonds is 6. The predicted molar refractivity (Wildman–Crippen MR) is 83.0 cm³/mol. The lowest BCUT2D eigenvalue weighted by Gasteiger charge is -2.38. The molecule has 122 valence electrons. The summed E-state index contributed by atoms with van der Waals surface area (Å²) in [7, 11) is 2.12. The van der Waals surface area contributed by atoms with E-state index in [0.29, 0.717) is 19.4 Å². The summed E-state index contributed by atoms with van der Waals surface area (Å²) in [5, 5.41) is 10.8. The van der Waals surface area contributed by atoms with E-state index in [0.717, 1.165) is 31.8 Å². The molecule has 2 aliphatic carbocycles. The fourth-order valence-corrected chi connectivity index (χ4v) is 4.01. The second-order valence-corrected chi connectivity index (χ2v) is 7.10. The van der Waals surface area contributed by atoms with E-state index in [1.54, 1.807) is 0 Å². The Morgan fingerprint density at radius 2 is 1.86 bits per heavy atom. The summed E-state index contributed by atoms with van der Waals surface area (Å²) in [5.41, 5.74) is -0.615. The molecule has 0 amide bonds. The van der Waals surface area contributed by atoms with E-state index in [2.05, 4.69) is 11.9 Å². The van der Waals surface area contributed by atoms with Gasteiger partial charge >= 0.3 is 5.97 Å². The highest BCUT2D eigenvalue weighted by molar-refractivity contribution is 5.72. The number of hydrogen-bond acceptors (Lipinski definition) is 4. The number of aliphatic hydroxyl groups is 1. The van der Waals surface area contributed by atoms with Gasteiger partial charge in [-0.2, -0.15) is 0 Å². The van der Waals surface area contributed by atoms with Crippen molar-refractivity contribution in [2.45, 2.75) is 63.9 Å². The van der Waals surface area contributed by atoms with Gasteiger partial charge in [0.05, 0.1) is 18.1 Å². The second kappa shape index (κ2) is 7.59. The molecule has 0 heterocycles. The first-order valence-electron chi connectivity index (χ1n) is 8.60. The van der Waals surface area contributed by atoms with E-state index < -0.39 is 5.60 Å². The maximum Gasteiger partial charge on any atom is 0.308 e. The van der Waals surface area contributed by atoms with Crippen LogP contribution in [0.15, 0.2) is 0 Å². The van der Waals surface area contributed by atoms with E-state index in [4.69, 9.17) is 4.74 Å². The van der Waals surface area contributed by atoms with Crippen molar-refractivity contribution in [2.24, 2.45) is 11.8 Å². The standard InChI is InChI=1S/C17H31NO3/c1-3-21-16(19)15-8-10-17(20,11-9-15)13-18(2)12-14-6-4-5-7-14/h14-15,20H,3-13H2,1-2H3. The van der Waals surface area contributed by atoms with Gasteiger partial charge in [0, 0.05) is 13.1 Å². The molecule has 0 aromatic rings. The molecule has 21 heavy (non-hydrogen) atoms. The maximum atomic E-state index is 11.7. The number of esters is 1. The van der Waals surface area contributed by atoms with Gasteiger partial charge in [-0.05, 0) is 58.4 Å². The third kappa shape index (κ3) is 4.96. The van der Waals surface area contributed by atoms with Gasteiger partial charge in [0.15, 0.2) is 0 Å². The highest BCUT2D eigenvalue weighted by Crippen LogP contribution is 2.34. The van der Waals surface area contributed by atoms with Gasteiger partial charge in [-0.25, -0.2) is 0 Å². The lowest BCUT2D eigenvalue weighted by Crippen LogP contribution is -2.46. The molecule has 0 aromatic carbocycles. The number of ether oxygens (including phenoxy) is 1. The first-order chi connectivity index (χ1) is 10.0. The molecule has 2 rings (SSSR count). The first-order valence-corrected chi connectivity index (χ1v) is 8.60. The normalized spacial score (nSPS) is 30.8. The summed E-state index contributed by atoms with van der Waals surface area (Å²) in [4.78, 5) is 14.0. The molecule has 4 nitrogen and oxygen atoms in total. The van der Waals surface area contributed by atoms with E-state index in [1.165, 1.54) is 25.7 Å². The monoisotopic (exact) mass is 297 g/mol. The average Bonchev–Trinajstić information content (AvgIpc) is 2.92. The van der Waals surface area contributed by atoms with Crippen molar-refractivity contribution in [3.63, 3.8) is 0 Å². The molecular formula is C17H31NO3. The zero-order valence-electron chi connectivity index (χ0n) is 13.6. The fourth-order valence-electron chi connectivity index (χ4n) is 4.01. The van der Waals surface area contributed by atoms with Crippen molar-refractivity contribution in [1.29, 1.82) is 0 Å². The summed E-state index contributed by atoms with van der Waals surface area (Å²) in [6, 6.07) is 0. The SMILES string of the molecule is CCOC(=O)C1CCC(O)(CN(C)CC2CCCC2)CC1. The Labute approximate surface area is 128 Å². The van der Waals surface area contributed by atoms with Crippen LogP contribution in [0.5, 0.6) is 0 Å². The molecule has 0 bridgehead atoms. The molecule has 0 unspecified atom stereocenters. The van der Waals surface area contributed by atoms with E-state index in [9.17, 15) is 9.90 Å². The number of hydrogen-bond donors (Lipinski definition) is 1. The largest absolute Gasteiger partial charge is 0.466 e. The Balaban J connectivity index is 1.74. The predicted octanol–water partition coefficient (Wildman–Crippen LogP) is 2.59. The Kier molecular flexibility index (Phi) is 6.06. The number of likely N-dealkylation sites (N-methyl/N-ethyl adjacent to an activating group) is 1. The molecule has 0 atom stereocenters. The van der Waals surface area contributed by atoms with E-state index >= 15 is 0 Å². The highest BCUT2D eigenvalue weighted by Gasteiger charge is 2.37. The molecule has 0 aliphatic heterocycles. The molecule has 2 saturated carbocycles. The summed E-state index contributed by atoms with van der Waals surface area (Å²) in [5.74, 6) is 0.721. The third-order valence-electron chi connectivity index (χ3n) is 5.15. The Hall–Kier alpha value is -0.610. The van der Waals surface area contributed by atoms with Gasteiger partial charge in [0.1, 0.15) is 0 Å². The quantitative estimate of drug-likeness (QED) is 0.766. The van der Waals surface area contributed by atoms with Crippen molar-refractivity contribution < 1.29 is 14.6 Å². The highest BCUT2D eigenvalue weighted by atomic mass is 16.5. The number of nitrogens with zero attached hydrogens (tertiary/aromatic N) is 1. The van der Waals surface area contributed by atoms with Crippen molar-refractivity contribution in [2.75, 3.05) is 26.7 Å². The Bertz CT molecular complexity index is 331. The van der Waals surface area contributed by atoms with Crippen LogP contribution in [0, 0.1) is 11.8 Å². The molecule has 0 spiro atoms. The third-order valence-corrected chi connectivity index (χ3v) is 5.15.